The molecule has 0 saturated carbocycles. The lowest BCUT2D eigenvalue weighted by Crippen LogP contribution is -2.55. The van der Waals surface area contributed by atoms with Crippen LogP contribution in [0.2, 0.25) is 0 Å². The molecule has 0 unspecified atom stereocenters. The number of carbonyl (C=O) groups excluding carboxylic acids is 3. The van der Waals surface area contributed by atoms with Crippen molar-refractivity contribution >= 4 is 17.8 Å². The summed E-state index contributed by atoms with van der Waals surface area (Å²) in [5.74, 6) is -0.642. The minimum Gasteiger partial charge on any atom is -0.342 e. The molecule has 2 fully saturated rings. The normalized spacial score (nSPS) is 23.7. The molecular weight excluding hydrogens is 375 g/mol. The number of nitrogens with one attached hydrogen (secondary N) is 1. The second-order valence-electron chi connectivity index (χ2n) is 8.77. The van der Waals surface area contributed by atoms with Crippen molar-refractivity contribution in [2.75, 3.05) is 33.7 Å². The average Bonchev–Trinajstić information content (AvgIpc) is 3.16. The number of nitrogens with zero attached hydrogens (tertiary/aromatic N) is 3. The van der Waals surface area contributed by atoms with Gasteiger partial charge >= 0.3 is 6.03 Å². The van der Waals surface area contributed by atoms with E-state index >= 15 is 0 Å². The standard InChI is InChI=1S/C21H29FN4O3/c1-13(27)23-21(2,3)19(28)25-10-15-11-26(20(29)24(4)5)18(17(15)12-25)14-7-6-8-16(22)9-14/h6-9,15,17-18H,10-12H2,1-5H3,(H,23,27)/t15-,17-,18-/m1/s1. The number of benzene rings is 1. The predicted molar refractivity (Wildman–Crippen MR) is 106 cm³/mol. The maximum absolute atomic E-state index is 13.9. The molecule has 2 aliphatic rings. The number of fused-ring (bicyclic) bond motifs is 1. The van der Waals surface area contributed by atoms with Crippen molar-refractivity contribution in [3.8, 4) is 0 Å². The SMILES string of the molecule is CC(=O)NC(C)(C)C(=O)N1C[C@@H]2CN(C(=O)N(C)C)[C@H](c3cccc(F)c3)[C@@H]2C1. The summed E-state index contributed by atoms with van der Waals surface area (Å²) in [6.45, 7) is 6.25. The maximum Gasteiger partial charge on any atom is 0.320 e. The Morgan fingerprint density at radius 3 is 2.45 bits per heavy atom. The molecular formula is C21H29FN4O3. The van der Waals surface area contributed by atoms with E-state index in [9.17, 15) is 18.8 Å². The number of carbonyl (C=O) groups is 3. The van der Waals surface area contributed by atoms with Gasteiger partial charge in [0.05, 0.1) is 6.04 Å². The lowest BCUT2D eigenvalue weighted by molar-refractivity contribution is -0.139. The molecule has 0 radical (unpaired) electrons. The van der Waals surface area contributed by atoms with Gasteiger partial charge in [0.25, 0.3) is 0 Å². The summed E-state index contributed by atoms with van der Waals surface area (Å²) in [5, 5.41) is 2.70. The Balaban J connectivity index is 1.87. The van der Waals surface area contributed by atoms with Crippen molar-refractivity contribution < 1.29 is 18.8 Å². The molecule has 1 N–H and O–H groups in total. The molecule has 8 heteroatoms. The van der Waals surface area contributed by atoms with E-state index in [4.69, 9.17) is 0 Å². The molecule has 7 nitrogen and oxygen atoms in total. The molecule has 2 heterocycles. The smallest absolute Gasteiger partial charge is 0.320 e. The van der Waals surface area contributed by atoms with E-state index in [1.807, 2.05) is 6.07 Å². The minimum absolute atomic E-state index is 0.0118. The number of urea groups is 1. The number of rotatable bonds is 3. The van der Waals surface area contributed by atoms with Crippen LogP contribution in [0.25, 0.3) is 0 Å². The third-order valence-electron chi connectivity index (χ3n) is 5.79. The van der Waals surface area contributed by atoms with E-state index in [-0.39, 0.29) is 41.5 Å². The van der Waals surface area contributed by atoms with Crippen molar-refractivity contribution in [1.82, 2.24) is 20.0 Å². The Hall–Kier alpha value is -2.64. The van der Waals surface area contributed by atoms with E-state index in [1.165, 1.54) is 24.0 Å². The molecule has 0 bridgehead atoms. The summed E-state index contributed by atoms with van der Waals surface area (Å²) in [7, 11) is 3.40. The van der Waals surface area contributed by atoms with Crippen LogP contribution in [0.1, 0.15) is 32.4 Å². The first-order valence-corrected chi connectivity index (χ1v) is 9.82. The van der Waals surface area contributed by atoms with E-state index in [0.29, 0.717) is 19.6 Å². The van der Waals surface area contributed by atoms with Crippen molar-refractivity contribution in [2.24, 2.45) is 11.8 Å². The lowest BCUT2D eigenvalue weighted by Gasteiger charge is -2.34. The first-order valence-electron chi connectivity index (χ1n) is 9.82. The van der Waals surface area contributed by atoms with E-state index in [0.717, 1.165) is 5.56 Å². The minimum atomic E-state index is -1.00. The van der Waals surface area contributed by atoms with Crippen LogP contribution in [-0.4, -0.2) is 71.8 Å². The van der Waals surface area contributed by atoms with Gasteiger partial charge in [0.1, 0.15) is 11.4 Å². The highest BCUT2D eigenvalue weighted by molar-refractivity contribution is 5.90. The first kappa shape index (κ1) is 21.1. The predicted octanol–water partition coefficient (Wildman–Crippen LogP) is 1.85. The molecule has 0 aliphatic carbocycles. The van der Waals surface area contributed by atoms with Crippen LogP contribution in [0.5, 0.6) is 0 Å². The van der Waals surface area contributed by atoms with Gasteiger partial charge in [-0.25, -0.2) is 9.18 Å². The zero-order valence-corrected chi connectivity index (χ0v) is 17.6. The maximum atomic E-state index is 13.9. The average molecular weight is 404 g/mol. The Morgan fingerprint density at radius 1 is 1.17 bits per heavy atom. The summed E-state index contributed by atoms with van der Waals surface area (Å²) in [6.07, 6.45) is 0. The second-order valence-corrected chi connectivity index (χ2v) is 8.77. The molecule has 0 aromatic heterocycles. The molecule has 0 spiro atoms. The highest BCUT2D eigenvalue weighted by Gasteiger charge is 2.51. The van der Waals surface area contributed by atoms with Crippen LogP contribution in [-0.2, 0) is 9.59 Å². The van der Waals surface area contributed by atoms with Crippen molar-refractivity contribution in [3.05, 3.63) is 35.6 Å². The number of likely N-dealkylation sites (tertiary alicyclic amines) is 2. The van der Waals surface area contributed by atoms with Gasteiger partial charge < -0.3 is 20.0 Å². The summed E-state index contributed by atoms with van der Waals surface area (Å²) in [5.41, 5.74) is -0.263. The third kappa shape index (κ3) is 4.06. The molecule has 29 heavy (non-hydrogen) atoms. The van der Waals surface area contributed by atoms with Gasteiger partial charge in [0.15, 0.2) is 0 Å². The molecule has 2 saturated heterocycles. The van der Waals surface area contributed by atoms with E-state index in [1.54, 1.807) is 43.8 Å². The van der Waals surface area contributed by atoms with E-state index < -0.39 is 5.54 Å². The molecule has 3 rings (SSSR count). The topological polar surface area (TPSA) is 73.0 Å². The number of amides is 4. The van der Waals surface area contributed by atoms with Gasteiger partial charge in [-0.05, 0) is 31.5 Å². The Morgan fingerprint density at radius 2 is 1.86 bits per heavy atom. The fourth-order valence-corrected chi connectivity index (χ4v) is 4.67. The molecule has 1 aromatic carbocycles. The zero-order chi connectivity index (χ0) is 21.5. The quantitative estimate of drug-likeness (QED) is 0.836. The molecule has 1 aromatic rings. The summed E-state index contributed by atoms with van der Waals surface area (Å²) < 4.78 is 13.9. The Bertz CT molecular complexity index is 826. The van der Waals surface area contributed by atoms with Crippen LogP contribution in [0.3, 0.4) is 0 Å². The molecule has 3 atom stereocenters. The van der Waals surface area contributed by atoms with Gasteiger partial charge in [-0.3, -0.25) is 9.59 Å². The Labute approximate surface area is 170 Å². The highest BCUT2D eigenvalue weighted by Crippen LogP contribution is 2.45. The monoisotopic (exact) mass is 404 g/mol. The van der Waals surface area contributed by atoms with Gasteiger partial charge in [0, 0.05) is 52.5 Å². The van der Waals surface area contributed by atoms with Crippen molar-refractivity contribution in [2.45, 2.75) is 32.4 Å². The van der Waals surface area contributed by atoms with Crippen molar-refractivity contribution in [3.63, 3.8) is 0 Å². The summed E-state index contributed by atoms with van der Waals surface area (Å²) >= 11 is 0. The number of halogens is 1. The number of hydrogen-bond donors (Lipinski definition) is 1. The molecule has 2 aliphatic heterocycles. The van der Waals surface area contributed by atoms with Crippen molar-refractivity contribution in [1.29, 1.82) is 0 Å². The van der Waals surface area contributed by atoms with Crippen LogP contribution in [0, 0.1) is 17.7 Å². The fraction of sp³-hybridized carbons (Fsp3) is 0.571. The van der Waals surface area contributed by atoms with Crippen LogP contribution in [0.15, 0.2) is 24.3 Å². The third-order valence-corrected chi connectivity index (χ3v) is 5.79. The Kier molecular flexibility index (Phi) is 5.56. The number of hydrogen-bond acceptors (Lipinski definition) is 3. The van der Waals surface area contributed by atoms with Crippen LogP contribution < -0.4 is 5.32 Å². The second kappa shape index (κ2) is 7.65. The van der Waals surface area contributed by atoms with Crippen LogP contribution >= 0.6 is 0 Å². The van der Waals surface area contributed by atoms with E-state index in [2.05, 4.69) is 5.32 Å². The molecule has 158 valence electrons. The van der Waals surface area contributed by atoms with Crippen LogP contribution in [0.4, 0.5) is 9.18 Å². The molecule has 4 amide bonds. The fourth-order valence-electron chi connectivity index (χ4n) is 4.67. The summed E-state index contributed by atoms with van der Waals surface area (Å²) in [4.78, 5) is 42.3. The largest absolute Gasteiger partial charge is 0.342 e. The summed E-state index contributed by atoms with van der Waals surface area (Å²) in [6, 6.07) is 5.91. The lowest BCUT2D eigenvalue weighted by atomic mass is 9.89. The highest BCUT2D eigenvalue weighted by atomic mass is 19.1. The zero-order valence-electron chi connectivity index (χ0n) is 17.6. The first-order chi connectivity index (χ1) is 13.5. The van der Waals surface area contributed by atoms with Gasteiger partial charge in [-0.1, -0.05) is 12.1 Å². The van der Waals surface area contributed by atoms with Gasteiger partial charge in [-0.2, -0.15) is 0 Å². The van der Waals surface area contributed by atoms with Gasteiger partial charge in [-0.15, -0.1) is 0 Å². The van der Waals surface area contributed by atoms with Gasteiger partial charge in [0.2, 0.25) is 11.8 Å².